The fourth-order valence-electron chi connectivity index (χ4n) is 3.39. The van der Waals surface area contributed by atoms with Crippen molar-refractivity contribution in [2.24, 2.45) is 5.92 Å². The number of hydrogen-bond donors (Lipinski definition) is 1. The Bertz CT molecular complexity index is 697. The van der Waals surface area contributed by atoms with Crippen LogP contribution in [0.1, 0.15) is 50.7 Å². The molecule has 1 fully saturated rings. The molecule has 1 aliphatic heterocycles. The molecule has 1 saturated heterocycles. The zero-order chi connectivity index (χ0) is 20.4. The molecule has 0 radical (unpaired) electrons. The molecule has 2 atom stereocenters. The van der Waals surface area contributed by atoms with Gasteiger partial charge in [0.05, 0.1) is 11.5 Å². The van der Waals surface area contributed by atoms with Gasteiger partial charge in [-0.1, -0.05) is 18.2 Å². The van der Waals surface area contributed by atoms with Crippen molar-refractivity contribution >= 4 is 12.1 Å². The molecular weight excluding hydrogens is 363 g/mol. The van der Waals surface area contributed by atoms with Gasteiger partial charge >= 0.3 is 18.2 Å². The summed E-state index contributed by atoms with van der Waals surface area (Å²) in [4.78, 5) is 25.6. The number of carbonyl (C=O) groups is 2. The normalized spacial score (nSPS) is 19.5. The number of alkyl halides is 3. The molecule has 1 amide bonds. The summed E-state index contributed by atoms with van der Waals surface area (Å²) in [6, 6.07) is 4.72. The van der Waals surface area contributed by atoms with Gasteiger partial charge in [-0.25, -0.2) is 4.79 Å². The molecule has 0 saturated carbocycles. The first-order valence-corrected chi connectivity index (χ1v) is 8.77. The Morgan fingerprint density at radius 2 is 1.85 bits per heavy atom. The van der Waals surface area contributed by atoms with Crippen molar-refractivity contribution in [3.63, 3.8) is 0 Å². The highest BCUT2D eigenvalue weighted by atomic mass is 19.4. The lowest BCUT2D eigenvalue weighted by Gasteiger charge is -2.37. The molecule has 0 aliphatic carbocycles. The number of piperidine rings is 1. The summed E-state index contributed by atoms with van der Waals surface area (Å²) in [6.45, 7) is 5.57. The summed E-state index contributed by atoms with van der Waals surface area (Å²) in [5.74, 6) is -3.32. The van der Waals surface area contributed by atoms with Gasteiger partial charge in [-0.05, 0) is 51.2 Å². The second-order valence-corrected chi connectivity index (χ2v) is 7.73. The Morgan fingerprint density at radius 3 is 2.41 bits per heavy atom. The van der Waals surface area contributed by atoms with Gasteiger partial charge in [0.15, 0.2) is 0 Å². The van der Waals surface area contributed by atoms with E-state index in [1.165, 1.54) is 23.1 Å². The minimum atomic E-state index is -4.65. The van der Waals surface area contributed by atoms with Crippen LogP contribution in [0.3, 0.4) is 0 Å². The number of nitrogens with zero attached hydrogens (tertiary/aromatic N) is 1. The third-order valence-corrected chi connectivity index (χ3v) is 4.45. The Morgan fingerprint density at radius 1 is 1.22 bits per heavy atom. The number of rotatable bonds is 3. The molecule has 150 valence electrons. The maximum Gasteiger partial charge on any atom is 0.416 e. The number of benzene rings is 1. The summed E-state index contributed by atoms with van der Waals surface area (Å²) in [7, 11) is 0. The first-order valence-electron chi connectivity index (χ1n) is 8.77. The second-order valence-electron chi connectivity index (χ2n) is 7.73. The number of likely N-dealkylation sites (tertiary alicyclic amines) is 1. The highest BCUT2D eigenvalue weighted by Gasteiger charge is 2.41. The third-order valence-electron chi connectivity index (χ3n) is 4.45. The number of carboxylic acids is 1. The minimum absolute atomic E-state index is 0.0398. The summed E-state index contributed by atoms with van der Waals surface area (Å²) < 4.78 is 45.4. The molecule has 0 aromatic heterocycles. The van der Waals surface area contributed by atoms with Gasteiger partial charge in [0.25, 0.3) is 0 Å². The standard InChI is InChI=1S/C19H24F3NO4/c1-18(2,3)27-17(26)23-10-6-7-12(11-23)15(16(24)25)13-8-4-5-9-14(13)19(20,21)22/h4-5,8-9,12,15H,6-7,10-11H2,1-3H3,(H,24,25). The van der Waals surface area contributed by atoms with Crippen molar-refractivity contribution in [1.82, 2.24) is 4.90 Å². The molecule has 5 nitrogen and oxygen atoms in total. The molecule has 1 heterocycles. The third kappa shape index (κ3) is 5.37. The van der Waals surface area contributed by atoms with Gasteiger partial charge in [-0.15, -0.1) is 0 Å². The van der Waals surface area contributed by atoms with Gasteiger partial charge in [0.1, 0.15) is 5.60 Å². The Kier molecular flexibility index (Phi) is 6.07. The predicted molar refractivity (Wildman–Crippen MR) is 92.4 cm³/mol. The summed E-state index contributed by atoms with van der Waals surface area (Å²) in [6.07, 6.45) is -4.31. The van der Waals surface area contributed by atoms with Crippen LogP contribution in [0.4, 0.5) is 18.0 Å². The van der Waals surface area contributed by atoms with E-state index in [0.29, 0.717) is 19.4 Å². The number of hydrogen-bond acceptors (Lipinski definition) is 3. The monoisotopic (exact) mass is 387 g/mol. The topological polar surface area (TPSA) is 66.8 Å². The minimum Gasteiger partial charge on any atom is -0.481 e. The van der Waals surface area contributed by atoms with Gasteiger partial charge in [-0.2, -0.15) is 13.2 Å². The van der Waals surface area contributed by atoms with Crippen LogP contribution in [-0.4, -0.2) is 40.8 Å². The second kappa shape index (κ2) is 7.78. The van der Waals surface area contributed by atoms with E-state index in [-0.39, 0.29) is 12.1 Å². The number of halogens is 3. The molecule has 2 unspecified atom stereocenters. The quantitative estimate of drug-likeness (QED) is 0.828. The lowest BCUT2D eigenvalue weighted by molar-refractivity contribution is -0.143. The maximum absolute atomic E-state index is 13.4. The van der Waals surface area contributed by atoms with E-state index in [0.717, 1.165) is 6.07 Å². The zero-order valence-corrected chi connectivity index (χ0v) is 15.5. The fraction of sp³-hybridized carbons (Fsp3) is 0.579. The molecule has 0 spiro atoms. The van der Waals surface area contributed by atoms with E-state index in [1.54, 1.807) is 20.8 Å². The summed E-state index contributed by atoms with van der Waals surface area (Å²) in [5, 5.41) is 9.68. The Hall–Kier alpha value is -2.25. The number of amides is 1. The number of carboxylic acid groups (broad SMARTS) is 1. The highest BCUT2D eigenvalue weighted by molar-refractivity contribution is 5.77. The molecule has 8 heteroatoms. The molecule has 0 bridgehead atoms. The van der Waals surface area contributed by atoms with Crippen LogP contribution >= 0.6 is 0 Å². The van der Waals surface area contributed by atoms with Crippen molar-refractivity contribution in [3.05, 3.63) is 35.4 Å². The zero-order valence-electron chi connectivity index (χ0n) is 15.5. The van der Waals surface area contributed by atoms with Crippen LogP contribution < -0.4 is 0 Å². The fourth-order valence-corrected chi connectivity index (χ4v) is 3.39. The van der Waals surface area contributed by atoms with Crippen molar-refractivity contribution in [2.75, 3.05) is 13.1 Å². The molecule has 2 rings (SSSR count). The predicted octanol–water partition coefficient (Wildman–Crippen LogP) is 4.52. The van der Waals surface area contributed by atoms with Crippen molar-refractivity contribution in [3.8, 4) is 0 Å². The van der Waals surface area contributed by atoms with E-state index in [2.05, 4.69) is 0 Å². The van der Waals surface area contributed by atoms with Crippen molar-refractivity contribution in [1.29, 1.82) is 0 Å². The van der Waals surface area contributed by atoms with Crippen molar-refractivity contribution < 1.29 is 32.6 Å². The molecular formula is C19H24F3NO4. The van der Waals surface area contributed by atoms with E-state index in [9.17, 15) is 27.9 Å². The average Bonchev–Trinajstić information content (AvgIpc) is 2.53. The maximum atomic E-state index is 13.4. The Balaban J connectivity index is 2.30. The molecule has 27 heavy (non-hydrogen) atoms. The number of aliphatic carboxylic acids is 1. The van der Waals surface area contributed by atoms with E-state index in [1.807, 2.05) is 0 Å². The lowest BCUT2D eigenvalue weighted by atomic mass is 9.79. The number of ether oxygens (including phenoxy) is 1. The van der Waals surface area contributed by atoms with E-state index >= 15 is 0 Å². The van der Waals surface area contributed by atoms with Crippen LogP contribution in [0.5, 0.6) is 0 Å². The van der Waals surface area contributed by atoms with Gasteiger partial charge in [0, 0.05) is 13.1 Å². The first-order chi connectivity index (χ1) is 12.4. The van der Waals surface area contributed by atoms with Gasteiger partial charge in [0.2, 0.25) is 0 Å². The lowest BCUT2D eigenvalue weighted by Crippen LogP contribution is -2.45. The SMILES string of the molecule is CC(C)(C)OC(=O)N1CCCC(C(C(=O)O)c2ccccc2C(F)(F)F)C1. The molecule has 1 aromatic carbocycles. The van der Waals surface area contributed by atoms with Crippen LogP contribution in [0.25, 0.3) is 0 Å². The summed E-state index contributed by atoms with van der Waals surface area (Å²) in [5.41, 5.74) is -1.93. The smallest absolute Gasteiger partial charge is 0.416 e. The van der Waals surface area contributed by atoms with Gasteiger partial charge in [-0.3, -0.25) is 4.79 Å². The number of carbonyl (C=O) groups excluding carboxylic acids is 1. The molecule has 1 aliphatic rings. The molecule has 1 N–H and O–H groups in total. The van der Waals surface area contributed by atoms with Crippen LogP contribution in [0, 0.1) is 5.92 Å². The van der Waals surface area contributed by atoms with Crippen molar-refractivity contribution in [2.45, 2.75) is 51.3 Å². The highest BCUT2D eigenvalue weighted by Crippen LogP contribution is 2.40. The largest absolute Gasteiger partial charge is 0.481 e. The first kappa shape index (κ1) is 21.1. The van der Waals surface area contributed by atoms with E-state index in [4.69, 9.17) is 4.74 Å². The summed E-state index contributed by atoms with van der Waals surface area (Å²) >= 11 is 0. The van der Waals surface area contributed by atoms with Crippen LogP contribution in [-0.2, 0) is 15.7 Å². The van der Waals surface area contributed by atoms with Crippen LogP contribution in [0.2, 0.25) is 0 Å². The van der Waals surface area contributed by atoms with Gasteiger partial charge < -0.3 is 14.7 Å². The van der Waals surface area contributed by atoms with Crippen LogP contribution in [0.15, 0.2) is 24.3 Å². The Labute approximate surface area is 156 Å². The average molecular weight is 387 g/mol. The molecule has 1 aromatic rings. The van der Waals surface area contributed by atoms with E-state index < -0.39 is 41.2 Å².